The van der Waals surface area contributed by atoms with Gasteiger partial charge in [0.2, 0.25) is 0 Å². The quantitative estimate of drug-likeness (QED) is 0.480. The van der Waals surface area contributed by atoms with Crippen molar-refractivity contribution in [3.05, 3.63) is 75.6 Å². The maximum Gasteiger partial charge on any atom is 0.270 e. The van der Waals surface area contributed by atoms with E-state index in [0.29, 0.717) is 11.3 Å². The van der Waals surface area contributed by atoms with Crippen LogP contribution in [0.4, 0.5) is 15.8 Å². The van der Waals surface area contributed by atoms with Crippen LogP contribution in [0.3, 0.4) is 0 Å². The minimum absolute atomic E-state index is 0.000204. The number of carbonyl (C=O) groups excluding carboxylic acids is 1. The van der Waals surface area contributed by atoms with E-state index in [-0.39, 0.29) is 23.5 Å². The fourth-order valence-corrected chi connectivity index (χ4v) is 3.05. The van der Waals surface area contributed by atoms with E-state index in [1.54, 1.807) is 29.2 Å². The third-order valence-corrected chi connectivity index (χ3v) is 4.31. The molecule has 6 heteroatoms. The Morgan fingerprint density at radius 1 is 1.32 bits per heavy atom. The van der Waals surface area contributed by atoms with Crippen molar-refractivity contribution in [2.45, 2.75) is 25.8 Å². The van der Waals surface area contributed by atoms with Gasteiger partial charge in [0, 0.05) is 29.9 Å². The highest BCUT2D eigenvalue weighted by atomic mass is 19.1. The smallest absolute Gasteiger partial charge is 0.270 e. The number of nitro benzene ring substituents is 1. The minimum Gasteiger partial charge on any atom is -0.306 e. The third kappa shape index (κ3) is 3.57. The molecular weight excluding hydrogens is 323 g/mol. The summed E-state index contributed by atoms with van der Waals surface area (Å²) in [5.74, 6) is -0.542. The number of carbonyl (C=O) groups is 1. The molecule has 0 aliphatic carbocycles. The summed E-state index contributed by atoms with van der Waals surface area (Å²) in [5, 5.41) is 10.8. The molecule has 0 saturated heterocycles. The van der Waals surface area contributed by atoms with Gasteiger partial charge in [-0.1, -0.05) is 12.1 Å². The van der Waals surface area contributed by atoms with E-state index in [1.807, 2.05) is 6.92 Å². The maximum absolute atomic E-state index is 13.4. The summed E-state index contributed by atoms with van der Waals surface area (Å²) in [4.78, 5) is 24.7. The molecule has 2 aromatic carbocycles. The van der Waals surface area contributed by atoms with Crippen molar-refractivity contribution in [2.75, 3.05) is 4.90 Å². The van der Waals surface area contributed by atoms with Gasteiger partial charge in [-0.2, -0.15) is 0 Å². The van der Waals surface area contributed by atoms with Crippen molar-refractivity contribution in [3.63, 3.8) is 0 Å². The Morgan fingerprint density at radius 2 is 2.12 bits per heavy atom. The molecule has 0 fully saturated rings. The van der Waals surface area contributed by atoms with Crippen molar-refractivity contribution in [3.8, 4) is 0 Å². The summed E-state index contributed by atoms with van der Waals surface area (Å²) >= 11 is 0. The number of fused-ring (bicyclic) bond motifs is 1. The lowest BCUT2D eigenvalue weighted by Gasteiger charge is -2.34. The molecule has 1 heterocycles. The molecule has 25 heavy (non-hydrogen) atoms. The first kappa shape index (κ1) is 16.8. The number of nitrogens with zero attached hydrogens (tertiary/aromatic N) is 2. The molecule has 0 aromatic heterocycles. The van der Waals surface area contributed by atoms with Crippen LogP contribution in [0.2, 0.25) is 0 Å². The number of anilines is 1. The molecule has 5 nitrogen and oxygen atoms in total. The van der Waals surface area contributed by atoms with Crippen LogP contribution >= 0.6 is 0 Å². The van der Waals surface area contributed by atoms with Crippen LogP contribution < -0.4 is 4.90 Å². The van der Waals surface area contributed by atoms with Crippen molar-refractivity contribution >= 4 is 23.4 Å². The first-order valence-corrected chi connectivity index (χ1v) is 8.00. The number of benzene rings is 2. The fraction of sp³-hybridized carbons (Fsp3) is 0.211. The fourth-order valence-electron chi connectivity index (χ4n) is 3.05. The molecule has 2 aromatic rings. The van der Waals surface area contributed by atoms with Gasteiger partial charge in [0.25, 0.3) is 11.6 Å². The molecular formula is C19H17FN2O3. The van der Waals surface area contributed by atoms with Gasteiger partial charge in [0.05, 0.1) is 4.92 Å². The maximum atomic E-state index is 13.4. The van der Waals surface area contributed by atoms with Gasteiger partial charge < -0.3 is 4.90 Å². The van der Waals surface area contributed by atoms with Gasteiger partial charge in [-0.25, -0.2) is 4.39 Å². The van der Waals surface area contributed by atoms with E-state index < -0.39 is 4.92 Å². The van der Waals surface area contributed by atoms with Crippen LogP contribution in [-0.2, 0) is 11.2 Å². The second-order valence-corrected chi connectivity index (χ2v) is 6.05. The number of hydrogen-bond donors (Lipinski definition) is 0. The molecule has 0 unspecified atom stereocenters. The average molecular weight is 340 g/mol. The number of rotatable bonds is 3. The van der Waals surface area contributed by atoms with Gasteiger partial charge in [0.1, 0.15) is 5.82 Å². The first-order chi connectivity index (χ1) is 12.0. The number of aryl methyl sites for hydroxylation is 1. The number of halogens is 1. The van der Waals surface area contributed by atoms with Crippen LogP contribution in [0.25, 0.3) is 6.08 Å². The number of amides is 1. The first-order valence-electron chi connectivity index (χ1n) is 8.00. The number of hydrogen-bond acceptors (Lipinski definition) is 3. The van der Waals surface area contributed by atoms with E-state index in [0.717, 1.165) is 18.4 Å². The lowest BCUT2D eigenvalue weighted by atomic mass is 9.96. The summed E-state index contributed by atoms with van der Waals surface area (Å²) in [7, 11) is 0. The summed E-state index contributed by atoms with van der Waals surface area (Å²) in [6.45, 7) is 1.95. The SMILES string of the molecule is C[C@@H]1CCc2cc(F)ccc2N1C(=O)/C=C/c1cccc([N+](=O)[O-])c1. The monoisotopic (exact) mass is 340 g/mol. The largest absolute Gasteiger partial charge is 0.306 e. The molecule has 0 radical (unpaired) electrons. The van der Waals surface area contributed by atoms with E-state index in [9.17, 15) is 19.3 Å². The molecule has 3 rings (SSSR count). The van der Waals surface area contributed by atoms with Crippen molar-refractivity contribution in [2.24, 2.45) is 0 Å². The second kappa shape index (κ2) is 6.84. The van der Waals surface area contributed by atoms with Gasteiger partial charge in [0.15, 0.2) is 0 Å². The van der Waals surface area contributed by atoms with E-state index >= 15 is 0 Å². The van der Waals surface area contributed by atoms with Gasteiger partial charge in [-0.15, -0.1) is 0 Å². The third-order valence-electron chi connectivity index (χ3n) is 4.31. The zero-order valence-corrected chi connectivity index (χ0v) is 13.7. The van der Waals surface area contributed by atoms with Crippen LogP contribution in [-0.4, -0.2) is 16.9 Å². The summed E-state index contributed by atoms with van der Waals surface area (Å²) in [5.41, 5.74) is 2.08. The lowest BCUT2D eigenvalue weighted by Crippen LogP contribution is -2.41. The standard InChI is InChI=1S/C19H17FN2O3/c1-13-5-7-15-12-16(20)8-9-18(15)21(13)19(23)10-6-14-3-2-4-17(11-14)22(24)25/h2-4,6,8-13H,5,7H2,1H3/b10-6+/t13-/m1/s1. The summed E-state index contributed by atoms with van der Waals surface area (Å²) in [6, 6.07) is 10.5. The number of non-ortho nitro benzene ring substituents is 1. The van der Waals surface area contributed by atoms with E-state index in [2.05, 4.69) is 0 Å². The Hall–Kier alpha value is -3.02. The van der Waals surface area contributed by atoms with Crippen LogP contribution in [0.5, 0.6) is 0 Å². The Bertz CT molecular complexity index is 863. The molecule has 1 amide bonds. The zero-order valence-electron chi connectivity index (χ0n) is 13.7. The molecule has 1 atom stereocenters. The topological polar surface area (TPSA) is 63.5 Å². The van der Waals surface area contributed by atoms with Crippen molar-refractivity contribution in [1.29, 1.82) is 0 Å². The van der Waals surface area contributed by atoms with Crippen molar-refractivity contribution < 1.29 is 14.1 Å². The predicted molar refractivity (Wildman–Crippen MR) is 93.8 cm³/mol. The molecule has 0 spiro atoms. The summed E-state index contributed by atoms with van der Waals surface area (Å²) < 4.78 is 13.4. The normalized spacial score (nSPS) is 16.7. The highest BCUT2D eigenvalue weighted by Gasteiger charge is 2.27. The van der Waals surface area contributed by atoms with Gasteiger partial charge in [-0.3, -0.25) is 14.9 Å². The van der Waals surface area contributed by atoms with E-state index in [4.69, 9.17) is 0 Å². The molecule has 0 saturated carbocycles. The minimum atomic E-state index is -0.476. The van der Waals surface area contributed by atoms with Crippen LogP contribution in [0.1, 0.15) is 24.5 Å². The van der Waals surface area contributed by atoms with Gasteiger partial charge in [-0.05, 0) is 55.2 Å². The Kier molecular flexibility index (Phi) is 4.61. The molecule has 128 valence electrons. The Labute approximate surface area is 144 Å². The Morgan fingerprint density at radius 3 is 2.88 bits per heavy atom. The molecule has 1 aliphatic heterocycles. The van der Waals surface area contributed by atoms with Crippen molar-refractivity contribution in [1.82, 2.24) is 0 Å². The lowest BCUT2D eigenvalue weighted by molar-refractivity contribution is -0.384. The van der Waals surface area contributed by atoms with Crippen LogP contribution in [0, 0.1) is 15.9 Å². The zero-order chi connectivity index (χ0) is 18.0. The number of nitro groups is 1. The highest BCUT2D eigenvalue weighted by Crippen LogP contribution is 2.31. The highest BCUT2D eigenvalue weighted by molar-refractivity contribution is 6.05. The Balaban J connectivity index is 1.86. The summed E-state index contributed by atoms with van der Waals surface area (Å²) in [6.07, 6.45) is 4.44. The van der Waals surface area contributed by atoms with E-state index in [1.165, 1.54) is 30.3 Å². The molecule has 0 N–H and O–H groups in total. The average Bonchev–Trinajstić information content (AvgIpc) is 2.60. The van der Waals surface area contributed by atoms with Crippen LogP contribution in [0.15, 0.2) is 48.5 Å². The molecule has 1 aliphatic rings. The molecule has 0 bridgehead atoms. The predicted octanol–water partition coefficient (Wildman–Crippen LogP) is 4.12. The van der Waals surface area contributed by atoms with Gasteiger partial charge >= 0.3 is 0 Å². The second-order valence-electron chi connectivity index (χ2n) is 6.05.